The maximum Gasteiger partial charge on any atom is 0.119 e. The molecule has 21 heavy (non-hydrogen) atoms. The van der Waals surface area contributed by atoms with Gasteiger partial charge in [-0.05, 0) is 55.8 Å². The highest BCUT2D eigenvalue weighted by molar-refractivity contribution is 5.28. The highest BCUT2D eigenvalue weighted by atomic mass is 16.5. The number of ether oxygens (including phenoxy) is 1. The Labute approximate surface area is 129 Å². The van der Waals surface area contributed by atoms with Gasteiger partial charge < -0.3 is 10.5 Å². The number of hydrogen-bond donors (Lipinski definition) is 1. The van der Waals surface area contributed by atoms with Crippen molar-refractivity contribution in [3.8, 4) is 5.75 Å². The number of likely N-dealkylation sites (N-methyl/N-ethyl adjacent to an activating group) is 1. The Morgan fingerprint density at radius 3 is 2.71 bits per heavy atom. The molecular formula is C18H30N2O. The Morgan fingerprint density at radius 2 is 2.10 bits per heavy atom. The van der Waals surface area contributed by atoms with Gasteiger partial charge in [0.15, 0.2) is 0 Å². The second-order valence-electron chi connectivity index (χ2n) is 6.83. The van der Waals surface area contributed by atoms with Gasteiger partial charge in [-0.1, -0.05) is 26.0 Å². The molecule has 3 nitrogen and oxygen atoms in total. The average Bonchev–Trinajstić information content (AvgIpc) is 2.50. The van der Waals surface area contributed by atoms with Crippen LogP contribution in [0.4, 0.5) is 0 Å². The first-order valence-corrected chi connectivity index (χ1v) is 8.05. The topological polar surface area (TPSA) is 38.5 Å². The van der Waals surface area contributed by atoms with E-state index >= 15 is 0 Å². The predicted molar refractivity (Wildman–Crippen MR) is 88.4 cm³/mol. The van der Waals surface area contributed by atoms with Gasteiger partial charge in [0.05, 0.1) is 7.11 Å². The molecule has 2 rings (SSSR count). The van der Waals surface area contributed by atoms with Crippen LogP contribution in [0.1, 0.15) is 38.7 Å². The summed E-state index contributed by atoms with van der Waals surface area (Å²) in [6, 6.07) is 8.34. The summed E-state index contributed by atoms with van der Waals surface area (Å²) >= 11 is 0. The SMILES string of the molecule is COc1cccc(CN(C)C2(CN)CCC(C)C(C)C2)c1. The van der Waals surface area contributed by atoms with E-state index in [9.17, 15) is 0 Å². The molecule has 2 N–H and O–H groups in total. The first-order valence-electron chi connectivity index (χ1n) is 8.05. The van der Waals surface area contributed by atoms with Crippen molar-refractivity contribution in [1.82, 2.24) is 4.90 Å². The lowest BCUT2D eigenvalue weighted by atomic mass is 9.70. The molecule has 0 saturated heterocycles. The number of nitrogens with two attached hydrogens (primary N) is 1. The molecule has 3 atom stereocenters. The first kappa shape index (κ1) is 16.3. The van der Waals surface area contributed by atoms with Gasteiger partial charge in [0.2, 0.25) is 0 Å². The van der Waals surface area contributed by atoms with E-state index in [0.717, 1.165) is 30.7 Å². The van der Waals surface area contributed by atoms with Crippen molar-refractivity contribution < 1.29 is 4.74 Å². The zero-order valence-electron chi connectivity index (χ0n) is 13.9. The lowest BCUT2D eigenvalue weighted by Gasteiger charge is -2.48. The van der Waals surface area contributed by atoms with Crippen LogP contribution < -0.4 is 10.5 Å². The van der Waals surface area contributed by atoms with Gasteiger partial charge in [0.1, 0.15) is 5.75 Å². The second-order valence-corrected chi connectivity index (χ2v) is 6.83. The van der Waals surface area contributed by atoms with Crippen molar-refractivity contribution in [3.63, 3.8) is 0 Å². The molecule has 0 heterocycles. The van der Waals surface area contributed by atoms with E-state index in [1.54, 1.807) is 7.11 Å². The van der Waals surface area contributed by atoms with E-state index < -0.39 is 0 Å². The van der Waals surface area contributed by atoms with Crippen LogP contribution in [0.5, 0.6) is 5.75 Å². The lowest BCUT2D eigenvalue weighted by molar-refractivity contribution is 0.0349. The molecule has 1 aliphatic rings. The van der Waals surface area contributed by atoms with Gasteiger partial charge in [0.25, 0.3) is 0 Å². The third-order valence-corrected chi connectivity index (χ3v) is 5.48. The van der Waals surface area contributed by atoms with Gasteiger partial charge in [-0.2, -0.15) is 0 Å². The lowest BCUT2D eigenvalue weighted by Crippen LogP contribution is -2.55. The number of methoxy groups -OCH3 is 1. The van der Waals surface area contributed by atoms with Crippen molar-refractivity contribution in [2.45, 2.75) is 45.2 Å². The summed E-state index contributed by atoms with van der Waals surface area (Å²) in [5.41, 5.74) is 7.63. The standard InChI is InChI=1S/C18H30N2O/c1-14-8-9-18(13-19,11-15(14)2)20(3)12-16-6-5-7-17(10-16)21-4/h5-7,10,14-15H,8-9,11-13,19H2,1-4H3. The van der Waals surface area contributed by atoms with Gasteiger partial charge in [-0.25, -0.2) is 0 Å². The van der Waals surface area contributed by atoms with E-state index in [1.165, 1.54) is 24.8 Å². The maximum atomic E-state index is 6.19. The summed E-state index contributed by atoms with van der Waals surface area (Å²) < 4.78 is 5.32. The molecule has 0 radical (unpaired) electrons. The third-order valence-electron chi connectivity index (χ3n) is 5.48. The van der Waals surface area contributed by atoms with Crippen LogP contribution >= 0.6 is 0 Å². The van der Waals surface area contributed by atoms with Crippen LogP contribution in [-0.4, -0.2) is 31.1 Å². The fraction of sp³-hybridized carbons (Fsp3) is 0.667. The fourth-order valence-electron chi connectivity index (χ4n) is 3.58. The fourth-order valence-corrected chi connectivity index (χ4v) is 3.58. The van der Waals surface area contributed by atoms with Crippen molar-refractivity contribution in [1.29, 1.82) is 0 Å². The summed E-state index contributed by atoms with van der Waals surface area (Å²) in [7, 11) is 3.93. The summed E-state index contributed by atoms with van der Waals surface area (Å²) in [4.78, 5) is 2.46. The third kappa shape index (κ3) is 3.58. The van der Waals surface area contributed by atoms with Crippen LogP contribution in [0.15, 0.2) is 24.3 Å². The van der Waals surface area contributed by atoms with E-state index in [-0.39, 0.29) is 5.54 Å². The normalized spacial score (nSPS) is 29.6. The molecule has 0 bridgehead atoms. The molecule has 0 amide bonds. The van der Waals surface area contributed by atoms with Crippen molar-refractivity contribution in [2.75, 3.05) is 20.7 Å². The monoisotopic (exact) mass is 290 g/mol. The molecule has 0 aliphatic heterocycles. The number of benzene rings is 1. The Morgan fingerprint density at radius 1 is 1.33 bits per heavy atom. The zero-order valence-corrected chi connectivity index (χ0v) is 13.9. The summed E-state index contributed by atoms with van der Waals surface area (Å²) in [6.45, 7) is 6.40. The molecule has 118 valence electrons. The summed E-state index contributed by atoms with van der Waals surface area (Å²) in [5.74, 6) is 2.48. The molecule has 1 fully saturated rings. The Hall–Kier alpha value is -1.06. The van der Waals surface area contributed by atoms with E-state index in [0.29, 0.717) is 0 Å². The zero-order chi connectivity index (χ0) is 15.5. The van der Waals surface area contributed by atoms with Gasteiger partial charge in [-0.15, -0.1) is 0 Å². The van der Waals surface area contributed by atoms with Crippen LogP contribution in [0, 0.1) is 11.8 Å². The van der Waals surface area contributed by atoms with Gasteiger partial charge >= 0.3 is 0 Å². The highest BCUT2D eigenvalue weighted by Gasteiger charge is 2.39. The van der Waals surface area contributed by atoms with Gasteiger partial charge in [-0.3, -0.25) is 4.90 Å². The van der Waals surface area contributed by atoms with Crippen LogP contribution in [0.3, 0.4) is 0 Å². The smallest absolute Gasteiger partial charge is 0.119 e. The summed E-state index contributed by atoms with van der Waals surface area (Å²) in [6.07, 6.45) is 3.68. The van der Waals surface area contributed by atoms with Crippen LogP contribution in [-0.2, 0) is 6.54 Å². The number of rotatable bonds is 5. The predicted octanol–water partition coefficient (Wildman–Crippen LogP) is 3.28. The summed E-state index contributed by atoms with van der Waals surface area (Å²) in [5, 5.41) is 0. The second kappa shape index (κ2) is 6.80. The van der Waals surface area contributed by atoms with Gasteiger partial charge in [0, 0.05) is 18.6 Å². The molecule has 0 aromatic heterocycles. The molecule has 1 saturated carbocycles. The first-order chi connectivity index (χ1) is 10.0. The number of hydrogen-bond acceptors (Lipinski definition) is 3. The maximum absolute atomic E-state index is 6.19. The molecule has 1 aromatic rings. The molecule has 1 aromatic carbocycles. The molecule has 1 aliphatic carbocycles. The van der Waals surface area contributed by atoms with E-state index in [4.69, 9.17) is 10.5 Å². The van der Waals surface area contributed by atoms with Crippen LogP contribution in [0.2, 0.25) is 0 Å². The Kier molecular flexibility index (Phi) is 5.28. The minimum atomic E-state index is 0.148. The highest BCUT2D eigenvalue weighted by Crippen LogP contribution is 2.39. The minimum Gasteiger partial charge on any atom is -0.497 e. The number of nitrogens with zero attached hydrogens (tertiary/aromatic N) is 1. The average molecular weight is 290 g/mol. The van der Waals surface area contributed by atoms with E-state index in [2.05, 4.69) is 44.0 Å². The minimum absolute atomic E-state index is 0.148. The molecule has 3 unspecified atom stereocenters. The van der Waals surface area contributed by atoms with Crippen molar-refractivity contribution >= 4 is 0 Å². The molecular weight excluding hydrogens is 260 g/mol. The van der Waals surface area contributed by atoms with Crippen molar-refractivity contribution in [2.24, 2.45) is 17.6 Å². The van der Waals surface area contributed by atoms with E-state index in [1.807, 2.05) is 6.07 Å². The Balaban J connectivity index is 2.11. The van der Waals surface area contributed by atoms with Crippen molar-refractivity contribution in [3.05, 3.63) is 29.8 Å². The molecule has 0 spiro atoms. The quantitative estimate of drug-likeness (QED) is 0.904. The van der Waals surface area contributed by atoms with Crippen LogP contribution in [0.25, 0.3) is 0 Å². The largest absolute Gasteiger partial charge is 0.497 e. The Bertz CT molecular complexity index is 462. The molecule has 3 heteroatoms.